The van der Waals surface area contributed by atoms with Crippen molar-refractivity contribution >= 4 is 11.6 Å². The fourth-order valence-electron chi connectivity index (χ4n) is 2.17. The smallest absolute Gasteiger partial charge is 0.251 e. The van der Waals surface area contributed by atoms with Gasteiger partial charge in [0, 0.05) is 12.1 Å². The number of carbonyl (C=O) groups excluding carboxylic acids is 1. The molecule has 1 fully saturated rings. The van der Waals surface area contributed by atoms with E-state index in [0.717, 1.165) is 24.2 Å². The number of anilines is 1. The number of nitrogens with two attached hydrogens (primary N) is 1. The molecule has 1 aliphatic rings. The van der Waals surface area contributed by atoms with Crippen molar-refractivity contribution in [3.63, 3.8) is 0 Å². The van der Waals surface area contributed by atoms with E-state index in [1.807, 2.05) is 19.1 Å². The van der Waals surface area contributed by atoms with Gasteiger partial charge in [-0.15, -0.1) is 0 Å². The Morgan fingerprint density at radius 3 is 2.67 bits per heavy atom. The topological polar surface area (TPSA) is 67.2 Å². The van der Waals surface area contributed by atoms with E-state index in [1.54, 1.807) is 6.07 Å². The summed E-state index contributed by atoms with van der Waals surface area (Å²) in [6.07, 6.45) is 3.61. The van der Waals surface area contributed by atoms with Crippen LogP contribution in [0.15, 0.2) is 18.2 Å². The molecule has 0 bridgehead atoms. The first-order valence-corrected chi connectivity index (χ1v) is 6.46. The summed E-state index contributed by atoms with van der Waals surface area (Å²) in [5.41, 5.74) is 5.50. The molecule has 0 radical (unpaired) electrons. The van der Waals surface area contributed by atoms with Crippen molar-refractivity contribution < 1.29 is 4.79 Å². The molecule has 0 aromatic heterocycles. The van der Waals surface area contributed by atoms with Crippen molar-refractivity contribution in [1.29, 1.82) is 0 Å². The lowest BCUT2D eigenvalue weighted by Crippen LogP contribution is -2.30. The molecule has 1 amide bonds. The maximum Gasteiger partial charge on any atom is 0.251 e. The molecule has 1 aliphatic carbocycles. The molecule has 98 valence electrons. The average molecular weight is 247 g/mol. The highest BCUT2D eigenvalue weighted by molar-refractivity contribution is 5.94. The minimum atomic E-state index is 0.00129. The fourth-order valence-corrected chi connectivity index (χ4v) is 2.17. The Hall–Kier alpha value is -1.55. The molecule has 0 heterocycles. The third kappa shape index (κ3) is 2.64. The molecule has 1 aromatic rings. The molecule has 4 N–H and O–H groups in total. The van der Waals surface area contributed by atoms with Gasteiger partial charge in [-0.3, -0.25) is 10.6 Å². The van der Waals surface area contributed by atoms with Crippen LogP contribution < -0.4 is 16.6 Å². The molecule has 0 aliphatic heterocycles. The van der Waals surface area contributed by atoms with Gasteiger partial charge < -0.3 is 10.7 Å². The van der Waals surface area contributed by atoms with E-state index < -0.39 is 0 Å². The standard InChI is InChI=1S/C14H21N3O/c1-3-14(6-7-14)9-16-13(18)11-4-5-12(17-15)10(2)8-11/h4-5,8,17H,3,6-7,9,15H2,1-2H3,(H,16,18). The highest BCUT2D eigenvalue weighted by atomic mass is 16.1. The first-order chi connectivity index (χ1) is 8.60. The Bertz CT molecular complexity index is 452. The summed E-state index contributed by atoms with van der Waals surface area (Å²) in [6.45, 7) is 4.91. The van der Waals surface area contributed by atoms with E-state index in [9.17, 15) is 4.79 Å². The summed E-state index contributed by atoms with van der Waals surface area (Å²) in [6, 6.07) is 5.48. The van der Waals surface area contributed by atoms with Gasteiger partial charge in [0.05, 0.1) is 5.69 Å². The first kappa shape index (κ1) is 12.9. The number of hydrogen-bond donors (Lipinski definition) is 3. The third-order valence-electron chi connectivity index (χ3n) is 3.98. The lowest BCUT2D eigenvalue weighted by Gasteiger charge is -2.14. The Balaban J connectivity index is 1.98. The minimum Gasteiger partial charge on any atom is -0.351 e. The highest BCUT2D eigenvalue weighted by Crippen LogP contribution is 2.47. The molecule has 0 unspecified atom stereocenters. The zero-order chi connectivity index (χ0) is 13.2. The largest absolute Gasteiger partial charge is 0.351 e. The van der Waals surface area contributed by atoms with Crippen LogP contribution in [0.2, 0.25) is 0 Å². The van der Waals surface area contributed by atoms with Crippen molar-refractivity contribution in [2.75, 3.05) is 12.0 Å². The van der Waals surface area contributed by atoms with Crippen molar-refractivity contribution in [1.82, 2.24) is 5.32 Å². The van der Waals surface area contributed by atoms with Gasteiger partial charge in [0.15, 0.2) is 0 Å². The summed E-state index contributed by atoms with van der Waals surface area (Å²) in [7, 11) is 0. The zero-order valence-electron chi connectivity index (χ0n) is 11.0. The van der Waals surface area contributed by atoms with Crippen LogP contribution in [-0.4, -0.2) is 12.5 Å². The van der Waals surface area contributed by atoms with Gasteiger partial charge in [0.1, 0.15) is 0 Å². The van der Waals surface area contributed by atoms with Crippen LogP contribution in [0.5, 0.6) is 0 Å². The van der Waals surface area contributed by atoms with Crippen molar-refractivity contribution in [3.8, 4) is 0 Å². The first-order valence-electron chi connectivity index (χ1n) is 6.46. The van der Waals surface area contributed by atoms with Crippen LogP contribution in [0.4, 0.5) is 5.69 Å². The Morgan fingerprint density at radius 1 is 1.44 bits per heavy atom. The summed E-state index contributed by atoms with van der Waals surface area (Å²) in [5, 5.41) is 3.03. The van der Waals surface area contributed by atoms with Crippen LogP contribution in [0.25, 0.3) is 0 Å². The van der Waals surface area contributed by atoms with Crippen molar-refractivity contribution in [3.05, 3.63) is 29.3 Å². The Kier molecular flexibility index (Phi) is 3.57. The number of nitrogens with one attached hydrogen (secondary N) is 2. The predicted molar refractivity (Wildman–Crippen MR) is 73.3 cm³/mol. The monoisotopic (exact) mass is 247 g/mol. The summed E-state index contributed by atoms with van der Waals surface area (Å²) in [4.78, 5) is 12.0. The van der Waals surface area contributed by atoms with Crippen molar-refractivity contribution in [2.24, 2.45) is 11.3 Å². The number of nitrogen functional groups attached to an aromatic ring is 1. The maximum atomic E-state index is 12.0. The van der Waals surface area contributed by atoms with Crippen LogP contribution in [0.3, 0.4) is 0 Å². The second-order valence-electron chi connectivity index (χ2n) is 5.21. The second-order valence-corrected chi connectivity index (χ2v) is 5.21. The van der Waals surface area contributed by atoms with Gasteiger partial charge in [-0.05, 0) is 55.4 Å². The normalized spacial score (nSPS) is 16.2. The summed E-state index contributed by atoms with van der Waals surface area (Å²) < 4.78 is 0. The Morgan fingerprint density at radius 2 is 2.17 bits per heavy atom. The van der Waals surface area contributed by atoms with E-state index in [-0.39, 0.29) is 5.91 Å². The molecule has 0 spiro atoms. The fraction of sp³-hybridized carbons (Fsp3) is 0.500. The molecule has 0 saturated heterocycles. The van der Waals surface area contributed by atoms with E-state index in [2.05, 4.69) is 17.7 Å². The van der Waals surface area contributed by atoms with Gasteiger partial charge >= 0.3 is 0 Å². The molecule has 1 saturated carbocycles. The van der Waals surface area contributed by atoms with Gasteiger partial charge in [0.2, 0.25) is 0 Å². The van der Waals surface area contributed by atoms with E-state index in [0.29, 0.717) is 11.0 Å². The van der Waals surface area contributed by atoms with E-state index in [4.69, 9.17) is 5.84 Å². The van der Waals surface area contributed by atoms with E-state index in [1.165, 1.54) is 12.8 Å². The maximum absolute atomic E-state index is 12.0. The quantitative estimate of drug-likeness (QED) is 0.552. The average Bonchev–Trinajstić information content (AvgIpc) is 3.16. The third-order valence-corrected chi connectivity index (χ3v) is 3.98. The molecular formula is C14H21N3O. The Labute approximate surface area is 108 Å². The molecular weight excluding hydrogens is 226 g/mol. The predicted octanol–water partition coefficient (Wildman–Crippen LogP) is 2.20. The molecule has 2 rings (SSSR count). The van der Waals surface area contributed by atoms with Crippen LogP contribution in [0, 0.1) is 12.3 Å². The molecule has 18 heavy (non-hydrogen) atoms. The van der Waals surface area contributed by atoms with E-state index >= 15 is 0 Å². The highest BCUT2D eigenvalue weighted by Gasteiger charge is 2.40. The number of aryl methyl sites for hydroxylation is 1. The SMILES string of the molecule is CCC1(CNC(=O)c2ccc(NN)c(C)c2)CC1. The number of amides is 1. The second kappa shape index (κ2) is 4.98. The lowest BCUT2D eigenvalue weighted by atomic mass is 10.0. The molecule has 4 heteroatoms. The number of hydrazine groups is 1. The van der Waals surface area contributed by atoms with Crippen LogP contribution in [0.1, 0.15) is 42.1 Å². The number of rotatable bonds is 5. The van der Waals surface area contributed by atoms with Crippen molar-refractivity contribution in [2.45, 2.75) is 33.1 Å². The van der Waals surface area contributed by atoms with Gasteiger partial charge in [-0.2, -0.15) is 0 Å². The summed E-state index contributed by atoms with van der Waals surface area (Å²) >= 11 is 0. The molecule has 4 nitrogen and oxygen atoms in total. The lowest BCUT2D eigenvalue weighted by molar-refractivity contribution is 0.0944. The number of benzene rings is 1. The zero-order valence-corrected chi connectivity index (χ0v) is 11.0. The van der Waals surface area contributed by atoms with Crippen LogP contribution >= 0.6 is 0 Å². The van der Waals surface area contributed by atoms with Gasteiger partial charge in [-0.1, -0.05) is 6.92 Å². The van der Waals surface area contributed by atoms with Crippen LogP contribution in [-0.2, 0) is 0 Å². The van der Waals surface area contributed by atoms with Gasteiger partial charge in [-0.25, -0.2) is 0 Å². The number of carbonyl (C=O) groups is 1. The van der Waals surface area contributed by atoms with Gasteiger partial charge in [0.25, 0.3) is 5.91 Å². The molecule has 1 aromatic carbocycles. The minimum absolute atomic E-state index is 0.00129. The summed E-state index contributed by atoms with van der Waals surface area (Å²) in [5.74, 6) is 5.37. The molecule has 0 atom stereocenters. The number of hydrogen-bond acceptors (Lipinski definition) is 3.